The van der Waals surface area contributed by atoms with Crippen molar-refractivity contribution in [1.29, 1.82) is 0 Å². The maximum absolute atomic E-state index is 6.30. The third kappa shape index (κ3) is 5.76. The van der Waals surface area contributed by atoms with Gasteiger partial charge >= 0.3 is 0 Å². The van der Waals surface area contributed by atoms with Crippen molar-refractivity contribution in [2.24, 2.45) is 0 Å². The van der Waals surface area contributed by atoms with Gasteiger partial charge in [0.25, 0.3) is 0 Å². The van der Waals surface area contributed by atoms with Crippen LogP contribution in [0.5, 0.6) is 0 Å². The molecule has 0 bridgehead atoms. The fraction of sp³-hybridized carbons (Fsp3) is 0.0769. The van der Waals surface area contributed by atoms with Crippen LogP contribution in [0.4, 0.5) is 0 Å². The summed E-state index contributed by atoms with van der Waals surface area (Å²) in [5.41, 5.74) is 13.1. The molecule has 0 unspecified atom stereocenters. The predicted molar refractivity (Wildman–Crippen MR) is 239 cm³/mol. The summed E-state index contributed by atoms with van der Waals surface area (Å²) in [6.45, 7) is 7.27. The maximum Gasteiger partial charge on any atom is 0.160 e. The Bertz CT molecular complexity index is 3020. The number of hydrogen-bond acceptors (Lipinski definition) is 6. The second kappa shape index (κ2) is 13.4. The second-order valence-electron chi connectivity index (χ2n) is 16.3. The lowest BCUT2D eigenvalue weighted by molar-refractivity contribution is 0.624. The highest BCUT2D eigenvalue weighted by atomic mass is 28.3. The average Bonchev–Trinajstić information content (AvgIpc) is 4.00. The molecule has 0 saturated heterocycles. The molecule has 6 nitrogen and oxygen atoms in total. The number of fused-ring (bicyclic) bond motifs is 5. The molecule has 5 heterocycles. The Morgan fingerprint density at radius 2 is 1.02 bits per heavy atom. The van der Waals surface area contributed by atoms with Crippen LogP contribution in [0.3, 0.4) is 0 Å². The monoisotopic (exact) mass is 778 g/mol. The molecule has 11 rings (SSSR count). The lowest BCUT2D eigenvalue weighted by Crippen LogP contribution is -2.38. The molecule has 10 aromatic rings. The summed E-state index contributed by atoms with van der Waals surface area (Å²) >= 11 is 0. The molecular weight excluding hydrogens is 741 g/mol. The number of benzene rings is 5. The van der Waals surface area contributed by atoms with E-state index in [0.717, 1.165) is 38.6 Å². The van der Waals surface area contributed by atoms with Gasteiger partial charge in [0, 0.05) is 41.1 Å². The summed E-state index contributed by atoms with van der Waals surface area (Å²) in [4.78, 5) is 18.8. The number of rotatable bonds is 7. The summed E-state index contributed by atoms with van der Waals surface area (Å²) < 4.78 is 12.6. The molecule has 1 aliphatic carbocycles. The lowest BCUT2D eigenvalue weighted by atomic mass is 9.67. The van der Waals surface area contributed by atoms with Crippen LogP contribution in [-0.4, -0.2) is 28.0 Å². The summed E-state index contributed by atoms with van der Waals surface area (Å²) in [6, 6.07) is 54.4. The molecule has 0 radical (unpaired) electrons. The first-order chi connectivity index (χ1) is 28.8. The first-order valence-corrected chi connectivity index (χ1v) is 23.4. The number of hydrogen-bond donors (Lipinski definition) is 0. The first-order valence-electron chi connectivity index (χ1n) is 19.9. The minimum atomic E-state index is -1.64. The van der Waals surface area contributed by atoms with Crippen LogP contribution < -0.4 is 5.19 Å². The number of furan rings is 2. The van der Waals surface area contributed by atoms with Crippen LogP contribution >= 0.6 is 0 Å². The third-order valence-electron chi connectivity index (χ3n) is 11.7. The zero-order chi connectivity index (χ0) is 39.7. The minimum Gasteiger partial charge on any atom is -0.454 e. The standard InChI is InChI=1S/C52H38N4O2Si/c1-59(2,3)40-18-20-44-42(29-40)41-26-34(17-19-43(41)52(44,38-13-6-4-7-14-38)39-15-8-5-9-16-39)33-11-10-12-35(25-33)51-55-45(49-27-36-31-53-23-21-47(36)57-49)30-46(56-51)50-28-37-32-54-24-22-48(37)58-50/h4-32H,1-3H3. The van der Waals surface area contributed by atoms with Gasteiger partial charge in [-0.05, 0) is 87.0 Å². The molecule has 1 aliphatic rings. The summed E-state index contributed by atoms with van der Waals surface area (Å²) in [7, 11) is -1.64. The van der Waals surface area contributed by atoms with Crippen LogP contribution in [-0.2, 0) is 5.41 Å². The average molecular weight is 779 g/mol. The van der Waals surface area contributed by atoms with Gasteiger partial charge in [0.05, 0.1) is 13.5 Å². The highest BCUT2D eigenvalue weighted by Gasteiger charge is 2.46. The molecule has 0 amide bonds. The zero-order valence-electron chi connectivity index (χ0n) is 32.8. The minimum absolute atomic E-state index is 0.463. The SMILES string of the molecule is C[Si](C)(C)c1ccc2c(c1)-c1cc(-c3cccc(-c4nc(-c5cc6cnccc6o5)cc(-c5cc6cnccc6o5)n4)c3)ccc1C2(c1ccccc1)c1ccccc1. The van der Waals surface area contributed by atoms with E-state index >= 15 is 0 Å². The molecule has 5 aromatic heterocycles. The van der Waals surface area contributed by atoms with Crippen molar-refractivity contribution < 1.29 is 8.83 Å². The van der Waals surface area contributed by atoms with Crippen molar-refractivity contribution >= 4 is 35.2 Å². The smallest absolute Gasteiger partial charge is 0.160 e. The highest BCUT2D eigenvalue weighted by Crippen LogP contribution is 2.56. The molecule has 59 heavy (non-hydrogen) atoms. The van der Waals surface area contributed by atoms with E-state index in [4.69, 9.17) is 18.8 Å². The number of nitrogens with zero attached hydrogens (tertiary/aromatic N) is 4. The van der Waals surface area contributed by atoms with Crippen molar-refractivity contribution in [2.45, 2.75) is 25.1 Å². The van der Waals surface area contributed by atoms with E-state index in [9.17, 15) is 0 Å². The molecule has 0 fully saturated rings. The van der Waals surface area contributed by atoms with Crippen molar-refractivity contribution in [2.75, 3.05) is 0 Å². The Morgan fingerprint density at radius 1 is 0.475 bits per heavy atom. The molecule has 0 aliphatic heterocycles. The molecule has 0 saturated carbocycles. The predicted octanol–water partition coefficient (Wildman–Crippen LogP) is 12.3. The van der Waals surface area contributed by atoms with Gasteiger partial charge in [0.15, 0.2) is 17.3 Å². The normalized spacial score (nSPS) is 13.1. The Morgan fingerprint density at radius 3 is 1.59 bits per heavy atom. The van der Waals surface area contributed by atoms with Crippen molar-refractivity contribution in [3.8, 4) is 56.6 Å². The van der Waals surface area contributed by atoms with Crippen LogP contribution in [0.1, 0.15) is 22.3 Å². The number of pyridine rings is 2. The van der Waals surface area contributed by atoms with E-state index in [1.165, 1.54) is 38.6 Å². The Hall–Kier alpha value is -7.22. The van der Waals surface area contributed by atoms with Crippen LogP contribution in [0, 0.1) is 0 Å². The van der Waals surface area contributed by atoms with E-state index in [1.807, 2.05) is 30.3 Å². The van der Waals surface area contributed by atoms with Crippen molar-refractivity contribution in [3.63, 3.8) is 0 Å². The Kier molecular flexibility index (Phi) is 7.96. The summed E-state index contributed by atoms with van der Waals surface area (Å²) in [5, 5.41) is 3.25. The molecule has 0 atom stereocenters. The van der Waals surface area contributed by atoms with E-state index < -0.39 is 13.5 Å². The van der Waals surface area contributed by atoms with Crippen molar-refractivity contribution in [3.05, 3.63) is 199 Å². The molecular formula is C52H38N4O2Si. The molecule has 7 heteroatoms. The van der Waals surface area contributed by atoms with Crippen LogP contribution in [0.25, 0.3) is 78.5 Å². The van der Waals surface area contributed by atoms with Gasteiger partial charge in [-0.1, -0.05) is 134 Å². The molecule has 0 spiro atoms. The Labute approximate surface area is 342 Å². The fourth-order valence-corrected chi connectivity index (χ4v) is 9.99. The van der Waals surface area contributed by atoms with Crippen LogP contribution in [0.2, 0.25) is 19.6 Å². The number of aromatic nitrogens is 4. The van der Waals surface area contributed by atoms with E-state index in [-0.39, 0.29) is 0 Å². The lowest BCUT2D eigenvalue weighted by Gasteiger charge is -2.34. The largest absolute Gasteiger partial charge is 0.454 e. The summed E-state index contributed by atoms with van der Waals surface area (Å²) in [6.07, 6.45) is 7.05. The molecule has 282 valence electrons. The van der Waals surface area contributed by atoms with Gasteiger partial charge in [-0.25, -0.2) is 9.97 Å². The fourth-order valence-electron chi connectivity index (χ4n) is 8.83. The van der Waals surface area contributed by atoms with Gasteiger partial charge in [-0.3, -0.25) is 9.97 Å². The summed E-state index contributed by atoms with van der Waals surface area (Å²) in [5.74, 6) is 1.82. The van der Waals surface area contributed by atoms with E-state index in [2.05, 4.69) is 151 Å². The first kappa shape index (κ1) is 35.0. The third-order valence-corrected chi connectivity index (χ3v) is 13.8. The van der Waals surface area contributed by atoms with Crippen LogP contribution in [0.15, 0.2) is 185 Å². The second-order valence-corrected chi connectivity index (χ2v) is 21.4. The molecule has 0 N–H and O–H groups in total. The quantitative estimate of drug-likeness (QED) is 0.150. The Balaban J connectivity index is 1.08. The van der Waals surface area contributed by atoms with E-state index in [0.29, 0.717) is 28.7 Å². The van der Waals surface area contributed by atoms with Gasteiger partial charge in [-0.15, -0.1) is 0 Å². The topological polar surface area (TPSA) is 77.8 Å². The highest BCUT2D eigenvalue weighted by molar-refractivity contribution is 6.88. The molecule has 5 aromatic carbocycles. The van der Waals surface area contributed by atoms with E-state index in [1.54, 1.807) is 24.8 Å². The van der Waals surface area contributed by atoms with Gasteiger partial charge in [0.2, 0.25) is 0 Å². The van der Waals surface area contributed by atoms with Gasteiger partial charge in [0.1, 0.15) is 22.6 Å². The van der Waals surface area contributed by atoms with Crippen molar-refractivity contribution in [1.82, 2.24) is 19.9 Å². The zero-order valence-corrected chi connectivity index (χ0v) is 33.8. The van der Waals surface area contributed by atoms with Gasteiger partial charge in [-0.2, -0.15) is 0 Å². The van der Waals surface area contributed by atoms with Gasteiger partial charge < -0.3 is 8.83 Å². The maximum atomic E-state index is 6.30.